The monoisotopic (exact) mass is 277 g/mol. The van der Waals surface area contributed by atoms with Crippen LogP contribution in [0.3, 0.4) is 0 Å². The Bertz CT molecular complexity index is 601. The lowest BCUT2D eigenvalue weighted by atomic mass is 10.2. The highest BCUT2D eigenvalue weighted by atomic mass is 16.7. The number of nitrogens with one attached hydrogen (secondary N) is 3. The Hall–Kier alpha value is -2.77. The summed E-state index contributed by atoms with van der Waals surface area (Å²) in [6.07, 6.45) is -0.133. The van der Waals surface area contributed by atoms with E-state index >= 15 is 0 Å². The highest BCUT2D eigenvalue weighted by Gasteiger charge is 2.31. The molecule has 0 aromatic heterocycles. The third-order valence-electron chi connectivity index (χ3n) is 2.90. The van der Waals surface area contributed by atoms with Crippen molar-refractivity contribution in [3.63, 3.8) is 0 Å². The van der Waals surface area contributed by atoms with Gasteiger partial charge < -0.3 is 20.1 Å². The second kappa shape index (κ2) is 4.72. The summed E-state index contributed by atoms with van der Waals surface area (Å²) in [6, 6.07) is 3.56. The summed E-state index contributed by atoms with van der Waals surface area (Å²) < 4.78 is 10.3. The predicted octanol–water partition coefficient (Wildman–Crippen LogP) is -0.0481. The molecule has 0 radical (unpaired) electrons. The van der Waals surface area contributed by atoms with Gasteiger partial charge in [-0.25, -0.2) is 4.79 Å². The molecule has 3 rings (SSSR count). The number of urea groups is 1. The van der Waals surface area contributed by atoms with Crippen LogP contribution in [0.25, 0.3) is 0 Å². The van der Waals surface area contributed by atoms with E-state index in [0.29, 0.717) is 17.2 Å². The maximum Gasteiger partial charge on any atom is 0.322 e. The van der Waals surface area contributed by atoms with Gasteiger partial charge in [0.1, 0.15) is 6.04 Å². The number of rotatable bonds is 3. The summed E-state index contributed by atoms with van der Waals surface area (Å²) >= 11 is 0. The van der Waals surface area contributed by atoms with E-state index in [0.717, 1.165) is 0 Å². The van der Waals surface area contributed by atoms with Crippen molar-refractivity contribution in [1.82, 2.24) is 10.6 Å². The average Bonchev–Trinajstić information content (AvgIpc) is 2.96. The molecule has 0 bridgehead atoms. The van der Waals surface area contributed by atoms with Gasteiger partial charge in [0, 0.05) is 11.8 Å². The van der Waals surface area contributed by atoms with Crippen molar-refractivity contribution >= 4 is 23.5 Å². The van der Waals surface area contributed by atoms with Gasteiger partial charge in [-0.05, 0) is 12.1 Å². The van der Waals surface area contributed by atoms with Crippen LogP contribution in [0.2, 0.25) is 0 Å². The molecule has 1 aromatic carbocycles. The molecule has 3 N–H and O–H groups in total. The Morgan fingerprint density at radius 2 is 2.10 bits per heavy atom. The zero-order chi connectivity index (χ0) is 14.1. The number of fused-ring (bicyclic) bond motifs is 1. The largest absolute Gasteiger partial charge is 0.454 e. The van der Waals surface area contributed by atoms with Gasteiger partial charge in [0.05, 0.1) is 6.42 Å². The summed E-state index contributed by atoms with van der Waals surface area (Å²) in [4.78, 5) is 34.0. The molecule has 1 atom stereocenters. The molecule has 1 saturated heterocycles. The SMILES string of the molecule is O=C(CC1NC(=O)NC1=O)Nc1ccc2c(c1)OCO2. The fourth-order valence-corrected chi connectivity index (χ4v) is 1.97. The van der Waals surface area contributed by atoms with E-state index in [4.69, 9.17) is 9.47 Å². The standard InChI is InChI=1S/C12H11N3O5/c16-10(4-7-11(17)15-12(18)14-7)13-6-1-2-8-9(3-6)20-5-19-8/h1-3,7H,4-5H2,(H,13,16)(H2,14,15,17,18). The Kier molecular flexibility index (Phi) is 2.90. The first-order valence-corrected chi connectivity index (χ1v) is 5.93. The molecule has 104 valence electrons. The zero-order valence-corrected chi connectivity index (χ0v) is 10.3. The fourth-order valence-electron chi connectivity index (χ4n) is 1.97. The first-order chi connectivity index (χ1) is 9.61. The maximum absolute atomic E-state index is 11.8. The lowest BCUT2D eigenvalue weighted by Crippen LogP contribution is -2.33. The number of ether oxygens (including phenoxy) is 2. The van der Waals surface area contributed by atoms with Gasteiger partial charge in [0.2, 0.25) is 12.7 Å². The van der Waals surface area contributed by atoms with Gasteiger partial charge >= 0.3 is 6.03 Å². The van der Waals surface area contributed by atoms with Gasteiger partial charge in [-0.3, -0.25) is 14.9 Å². The molecule has 4 amide bonds. The van der Waals surface area contributed by atoms with Crippen molar-refractivity contribution in [2.24, 2.45) is 0 Å². The van der Waals surface area contributed by atoms with Crippen LogP contribution in [0.4, 0.5) is 10.5 Å². The van der Waals surface area contributed by atoms with Gasteiger partial charge in [0.15, 0.2) is 11.5 Å². The van der Waals surface area contributed by atoms with Gasteiger partial charge in [0.25, 0.3) is 5.91 Å². The molecular weight excluding hydrogens is 266 g/mol. The smallest absolute Gasteiger partial charge is 0.322 e. The molecule has 0 saturated carbocycles. The number of carbonyl (C=O) groups excluding carboxylic acids is 3. The normalized spacial score (nSPS) is 19.5. The molecule has 2 aliphatic heterocycles. The number of benzene rings is 1. The van der Waals surface area contributed by atoms with Crippen molar-refractivity contribution in [3.8, 4) is 11.5 Å². The summed E-state index contributed by atoms with van der Waals surface area (Å²) in [5.41, 5.74) is 0.531. The van der Waals surface area contributed by atoms with Crippen molar-refractivity contribution in [2.45, 2.75) is 12.5 Å². The van der Waals surface area contributed by atoms with E-state index < -0.39 is 18.0 Å². The molecule has 0 aliphatic carbocycles. The number of anilines is 1. The Morgan fingerprint density at radius 1 is 1.30 bits per heavy atom. The summed E-state index contributed by atoms with van der Waals surface area (Å²) in [5, 5.41) is 7.05. The lowest BCUT2D eigenvalue weighted by molar-refractivity contribution is -0.124. The minimum absolute atomic E-state index is 0.133. The highest BCUT2D eigenvalue weighted by molar-refractivity contribution is 6.06. The number of hydrogen-bond acceptors (Lipinski definition) is 5. The van der Waals surface area contributed by atoms with Gasteiger partial charge in [-0.1, -0.05) is 0 Å². The van der Waals surface area contributed by atoms with Crippen LogP contribution in [0.15, 0.2) is 18.2 Å². The van der Waals surface area contributed by atoms with Crippen molar-refractivity contribution in [2.75, 3.05) is 12.1 Å². The highest BCUT2D eigenvalue weighted by Crippen LogP contribution is 2.34. The Balaban J connectivity index is 1.62. The molecule has 1 unspecified atom stereocenters. The molecule has 8 nitrogen and oxygen atoms in total. The molecule has 2 heterocycles. The molecule has 1 fully saturated rings. The van der Waals surface area contributed by atoms with Crippen molar-refractivity contribution < 1.29 is 23.9 Å². The topological polar surface area (TPSA) is 106 Å². The number of hydrogen-bond donors (Lipinski definition) is 3. The second-order valence-electron chi connectivity index (χ2n) is 4.34. The van der Waals surface area contributed by atoms with Gasteiger partial charge in [-0.15, -0.1) is 0 Å². The molecule has 2 aliphatic rings. The lowest BCUT2D eigenvalue weighted by Gasteiger charge is -2.08. The van der Waals surface area contributed by atoms with Crippen LogP contribution in [0, 0.1) is 0 Å². The third kappa shape index (κ3) is 2.35. The number of imide groups is 1. The zero-order valence-electron chi connectivity index (χ0n) is 10.3. The average molecular weight is 277 g/mol. The fraction of sp³-hybridized carbons (Fsp3) is 0.250. The molecule has 0 spiro atoms. The summed E-state index contributed by atoms with van der Waals surface area (Å²) in [5.74, 6) is 0.280. The number of carbonyl (C=O) groups is 3. The third-order valence-corrected chi connectivity index (χ3v) is 2.90. The van der Waals surface area contributed by atoms with Crippen LogP contribution < -0.4 is 25.4 Å². The van der Waals surface area contributed by atoms with Crippen LogP contribution in [0.1, 0.15) is 6.42 Å². The number of amides is 4. The van der Waals surface area contributed by atoms with Crippen LogP contribution in [0.5, 0.6) is 11.5 Å². The molecular formula is C12H11N3O5. The van der Waals surface area contributed by atoms with E-state index in [-0.39, 0.29) is 19.1 Å². The van der Waals surface area contributed by atoms with E-state index in [9.17, 15) is 14.4 Å². The van der Waals surface area contributed by atoms with E-state index in [1.807, 2.05) is 0 Å². The second-order valence-corrected chi connectivity index (χ2v) is 4.34. The van der Waals surface area contributed by atoms with Crippen molar-refractivity contribution in [3.05, 3.63) is 18.2 Å². The van der Waals surface area contributed by atoms with E-state index in [1.165, 1.54) is 0 Å². The van der Waals surface area contributed by atoms with E-state index in [2.05, 4.69) is 16.0 Å². The molecule has 20 heavy (non-hydrogen) atoms. The quantitative estimate of drug-likeness (QED) is 0.672. The molecule has 1 aromatic rings. The minimum atomic E-state index is -0.837. The first-order valence-electron chi connectivity index (χ1n) is 5.93. The first kappa shape index (κ1) is 12.3. The van der Waals surface area contributed by atoms with Crippen molar-refractivity contribution in [1.29, 1.82) is 0 Å². The molecule has 8 heteroatoms. The minimum Gasteiger partial charge on any atom is -0.454 e. The van der Waals surface area contributed by atoms with Crippen LogP contribution in [-0.2, 0) is 9.59 Å². The summed E-state index contributed by atoms with van der Waals surface area (Å²) in [6.45, 7) is 0.154. The van der Waals surface area contributed by atoms with Crippen LogP contribution in [-0.4, -0.2) is 30.7 Å². The summed E-state index contributed by atoms with van der Waals surface area (Å²) in [7, 11) is 0. The van der Waals surface area contributed by atoms with E-state index in [1.54, 1.807) is 18.2 Å². The van der Waals surface area contributed by atoms with Crippen LogP contribution >= 0.6 is 0 Å². The maximum atomic E-state index is 11.8. The Labute approximate surface area is 113 Å². The Morgan fingerprint density at radius 3 is 2.85 bits per heavy atom. The predicted molar refractivity (Wildman–Crippen MR) is 66.3 cm³/mol. The van der Waals surface area contributed by atoms with Gasteiger partial charge in [-0.2, -0.15) is 0 Å².